The number of fused-ring (bicyclic) bond motifs is 1. The van der Waals surface area contributed by atoms with Crippen LogP contribution < -0.4 is 5.32 Å². The summed E-state index contributed by atoms with van der Waals surface area (Å²) in [4.78, 5) is 4.32. The van der Waals surface area contributed by atoms with Crippen LogP contribution in [0.4, 0.5) is 23.4 Å². The van der Waals surface area contributed by atoms with Gasteiger partial charge in [-0.25, -0.2) is 9.37 Å². The normalized spacial score (nSPS) is 13.3. The van der Waals surface area contributed by atoms with Gasteiger partial charge in [-0.1, -0.05) is 26.8 Å². The first-order chi connectivity index (χ1) is 13.4. The van der Waals surface area contributed by atoms with E-state index in [9.17, 15) is 22.8 Å². The minimum atomic E-state index is -4.76. The molecular weight excluding hydrogens is 386 g/mol. The van der Waals surface area contributed by atoms with Gasteiger partial charge in [0, 0.05) is 11.8 Å². The highest BCUT2D eigenvalue weighted by molar-refractivity contribution is 5.59. The van der Waals surface area contributed by atoms with Gasteiger partial charge < -0.3 is 5.32 Å². The van der Waals surface area contributed by atoms with Gasteiger partial charge in [0.25, 0.3) is 0 Å². The Labute approximate surface area is 165 Å². The van der Waals surface area contributed by atoms with Gasteiger partial charge in [-0.2, -0.15) is 28.0 Å². The number of alkyl halides is 3. The van der Waals surface area contributed by atoms with Crippen LogP contribution in [0.1, 0.15) is 49.2 Å². The number of hydrogen-bond acceptors (Lipinski definition) is 4. The SMILES string of the molecule is Cc1cc(NC(c2ccc(C(F)(F)F)c(F)c2)C(C)(C)C)n2ncc(C#N)c2n1. The molecule has 1 unspecified atom stereocenters. The van der Waals surface area contributed by atoms with Crippen LogP contribution in [-0.2, 0) is 6.18 Å². The Morgan fingerprint density at radius 1 is 1.17 bits per heavy atom. The van der Waals surface area contributed by atoms with Crippen molar-refractivity contribution >= 4 is 11.5 Å². The fraction of sp³-hybridized carbons (Fsp3) is 0.350. The van der Waals surface area contributed by atoms with Crippen LogP contribution in [0, 0.1) is 29.5 Å². The summed E-state index contributed by atoms with van der Waals surface area (Å²) in [6.07, 6.45) is -3.37. The van der Waals surface area contributed by atoms with Gasteiger partial charge >= 0.3 is 6.18 Å². The third-order valence-corrected chi connectivity index (χ3v) is 4.51. The van der Waals surface area contributed by atoms with E-state index < -0.39 is 29.0 Å². The van der Waals surface area contributed by atoms with Gasteiger partial charge in [-0.15, -0.1) is 0 Å². The van der Waals surface area contributed by atoms with Crippen LogP contribution in [-0.4, -0.2) is 14.6 Å². The Balaban J connectivity index is 2.09. The van der Waals surface area contributed by atoms with Crippen molar-refractivity contribution in [2.45, 2.75) is 39.9 Å². The van der Waals surface area contributed by atoms with E-state index in [1.54, 1.807) is 13.0 Å². The fourth-order valence-electron chi connectivity index (χ4n) is 3.15. The van der Waals surface area contributed by atoms with Crippen LogP contribution >= 0.6 is 0 Å². The average molecular weight is 405 g/mol. The summed E-state index contributed by atoms with van der Waals surface area (Å²) in [5.74, 6) is -0.831. The number of halogens is 4. The van der Waals surface area contributed by atoms with Crippen LogP contribution in [0.3, 0.4) is 0 Å². The van der Waals surface area contributed by atoms with Gasteiger partial charge in [0.1, 0.15) is 23.3 Å². The zero-order valence-corrected chi connectivity index (χ0v) is 16.3. The van der Waals surface area contributed by atoms with Gasteiger partial charge in [0.2, 0.25) is 0 Å². The fourth-order valence-corrected chi connectivity index (χ4v) is 3.15. The molecule has 3 rings (SSSR count). The van der Waals surface area contributed by atoms with Crippen molar-refractivity contribution in [3.63, 3.8) is 0 Å². The second-order valence-corrected chi connectivity index (χ2v) is 7.87. The Morgan fingerprint density at radius 3 is 2.41 bits per heavy atom. The number of aryl methyl sites for hydroxylation is 1. The summed E-state index contributed by atoms with van der Waals surface area (Å²) in [6.45, 7) is 7.41. The highest BCUT2D eigenvalue weighted by Crippen LogP contribution is 2.38. The molecule has 0 saturated carbocycles. The Kier molecular flexibility index (Phi) is 4.99. The predicted molar refractivity (Wildman–Crippen MR) is 99.7 cm³/mol. The maximum atomic E-state index is 14.2. The minimum Gasteiger partial charge on any atom is -0.363 e. The van der Waals surface area contributed by atoms with Crippen molar-refractivity contribution in [3.8, 4) is 6.07 Å². The first kappa shape index (κ1) is 20.6. The van der Waals surface area contributed by atoms with Crippen LogP contribution in [0.2, 0.25) is 0 Å². The summed E-state index contributed by atoms with van der Waals surface area (Å²) >= 11 is 0. The van der Waals surface area contributed by atoms with Gasteiger partial charge in [-0.05, 0) is 30.0 Å². The second-order valence-electron chi connectivity index (χ2n) is 7.87. The Morgan fingerprint density at radius 2 is 1.86 bits per heavy atom. The molecular formula is C20H19F4N5. The zero-order valence-electron chi connectivity index (χ0n) is 16.3. The Hall–Kier alpha value is -3.15. The van der Waals surface area contributed by atoms with Crippen molar-refractivity contribution in [1.82, 2.24) is 14.6 Å². The molecule has 29 heavy (non-hydrogen) atoms. The van der Waals surface area contributed by atoms with Crippen molar-refractivity contribution < 1.29 is 17.6 Å². The van der Waals surface area contributed by atoms with Crippen LogP contribution in [0.15, 0.2) is 30.5 Å². The maximum Gasteiger partial charge on any atom is 0.419 e. The molecule has 0 aliphatic heterocycles. The molecule has 152 valence electrons. The molecule has 9 heteroatoms. The summed E-state index contributed by atoms with van der Waals surface area (Å²) in [7, 11) is 0. The van der Waals surface area contributed by atoms with E-state index in [-0.39, 0.29) is 0 Å². The quantitative estimate of drug-likeness (QED) is 0.603. The number of nitrogens with zero attached hydrogens (tertiary/aromatic N) is 4. The number of nitrogens with one attached hydrogen (secondary N) is 1. The molecule has 3 aromatic rings. The standard InChI is InChI=1S/C20H19F4N5/c1-11-7-16(29-18(27-11)13(9-25)10-26-29)28-17(19(2,3)4)12-5-6-14(15(21)8-12)20(22,23)24/h5-8,10,17,28H,1-4H3. The van der Waals surface area contributed by atoms with Crippen molar-refractivity contribution in [1.29, 1.82) is 5.26 Å². The molecule has 0 amide bonds. The number of rotatable bonds is 3. The summed E-state index contributed by atoms with van der Waals surface area (Å²) in [6, 6.07) is 6.11. The summed E-state index contributed by atoms with van der Waals surface area (Å²) in [5.41, 5.74) is -0.143. The third kappa shape index (κ3) is 4.01. The average Bonchev–Trinajstić information content (AvgIpc) is 3.00. The lowest BCUT2D eigenvalue weighted by Crippen LogP contribution is -2.27. The molecule has 5 nitrogen and oxygen atoms in total. The molecule has 0 fully saturated rings. The molecule has 0 aliphatic rings. The van der Waals surface area contributed by atoms with E-state index in [4.69, 9.17) is 0 Å². The lowest BCUT2D eigenvalue weighted by atomic mass is 9.82. The number of benzene rings is 1. The molecule has 1 atom stereocenters. The topological polar surface area (TPSA) is 66.0 Å². The van der Waals surface area contributed by atoms with Crippen LogP contribution in [0.25, 0.3) is 5.65 Å². The molecule has 0 bridgehead atoms. The first-order valence-electron chi connectivity index (χ1n) is 8.80. The zero-order chi connectivity index (χ0) is 21.6. The van der Waals surface area contributed by atoms with Gasteiger partial charge in [0.15, 0.2) is 5.65 Å². The van der Waals surface area contributed by atoms with E-state index in [1.165, 1.54) is 16.8 Å². The van der Waals surface area contributed by atoms with Gasteiger partial charge in [-0.3, -0.25) is 0 Å². The summed E-state index contributed by atoms with van der Waals surface area (Å²) in [5, 5.41) is 16.6. The van der Waals surface area contributed by atoms with Crippen molar-refractivity contribution in [2.24, 2.45) is 5.41 Å². The highest BCUT2D eigenvalue weighted by atomic mass is 19.4. The van der Waals surface area contributed by atoms with E-state index in [2.05, 4.69) is 15.4 Å². The smallest absolute Gasteiger partial charge is 0.363 e. The lowest BCUT2D eigenvalue weighted by Gasteiger charge is -2.33. The highest BCUT2D eigenvalue weighted by Gasteiger charge is 2.35. The van der Waals surface area contributed by atoms with Crippen LogP contribution in [0.5, 0.6) is 0 Å². The molecule has 1 aromatic carbocycles. The molecule has 0 aliphatic carbocycles. The van der Waals surface area contributed by atoms with Crippen molar-refractivity contribution in [2.75, 3.05) is 5.32 Å². The first-order valence-corrected chi connectivity index (χ1v) is 8.80. The molecule has 2 heterocycles. The second kappa shape index (κ2) is 7.03. The van der Waals surface area contributed by atoms with E-state index in [0.29, 0.717) is 28.3 Å². The van der Waals surface area contributed by atoms with Gasteiger partial charge in [0.05, 0.1) is 17.8 Å². The number of hydrogen-bond donors (Lipinski definition) is 1. The molecule has 1 N–H and O–H groups in total. The minimum absolute atomic E-state index is 0.296. The number of anilines is 1. The molecule has 2 aromatic heterocycles. The maximum absolute atomic E-state index is 14.2. The van der Waals surface area contributed by atoms with Crippen molar-refractivity contribution in [3.05, 3.63) is 58.7 Å². The molecule has 0 spiro atoms. The number of nitriles is 1. The summed E-state index contributed by atoms with van der Waals surface area (Å²) < 4.78 is 54.4. The third-order valence-electron chi connectivity index (χ3n) is 4.51. The van der Waals surface area contributed by atoms with E-state index in [0.717, 1.165) is 12.1 Å². The molecule has 0 radical (unpaired) electrons. The Bertz CT molecular complexity index is 1100. The van der Waals surface area contributed by atoms with E-state index in [1.807, 2.05) is 26.8 Å². The lowest BCUT2D eigenvalue weighted by molar-refractivity contribution is -0.140. The predicted octanol–water partition coefficient (Wildman–Crippen LogP) is 5.27. The van der Waals surface area contributed by atoms with E-state index >= 15 is 0 Å². The number of aromatic nitrogens is 3. The largest absolute Gasteiger partial charge is 0.419 e. The monoisotopic (exact) mass is 405 g/mol. The molecule has 0 saturated heterocycles.